The molecule has 0 aromatic carbocycles. The molecule has 4 saturated carbocycles. The van der Waals surface area contributed by atoms with Crippen molar-refractivity contribution in [1.29, 1.82) is 0 Å². The first-order chi connectivity index (χ1) is 20.0. The van der Waals surface area contributed by atoms with Crippen molar-refractivity contribution >= 4 is 5.97 Å². The average molecular weight is 605 g/mol. The smallest absolute Gasteiger partial charge is 0.306 e. The summed E-state index contributed by atoms with van der Waals surface area (Å²) in [6.07, 6.45) is 5.30. The topological polar surface area (TPSA) is 137 Å². The molecule has 8 nitrogen and oxygen atoms in total. The van der Waals surface area contributed by atoms with E-state index in [1.54, 1.807) is 0 Å². The number of carboxylic acid groups (broad SMARTS) is 1. The summed E-state index contributed by atoms with van der Waals surface area (Å²) < 4.78 is 11.7. The molecule has 5 N–H and O–H groups in total. The van der Waals surface area contributed by atoms with Gasteiger partial charge in [-0.25, -0.2) is 0 Å². The molecule has 1 aliphatic heterocycles. The molecular formula is C35H56O8. The molecular weight excluding hydrogens is 548 g/mol. The molecule has 43 heavy (non-hydrogen) atoms. The number of allylic oxidation sites excluding steroid dienone is 2. The van der Waals surface area contributed by atoms with E-state index < -0.39 is 42.1 Å². The second-order valence-corrected chi connectivity index (χ2v) is 17.2. The van der Waals surface area contributed by atoms with Crippen molar-refractivity contribution in [2.75, 3.05) is 13.2 Å². The zero-order chi connectivity index (χ0) is 31.3. The maximum absolute atomic E-state index is 12.8. The number of carbonyl (C=O) groups is 1. The van der Waals surface area contributed by atoms with Gasteiger partial charge in [0.25, 0.3) is 0 Å². The minimum Gasteiger partial charge on any atom is -0.481 e. The van der Waals surface area contributed by atoms with E-state index in [1.807, 2.05) is 0 Å². The largest absolute Gasteiger partial charge is 0.481 e. The monoisotopic (exact) mass is 604 g/mol. The van der Waals surface area contributed by atoms with Crippen LogP contribution in [0.1, 0.15) is 99.3 Å². The predicted octanol–water partition coefficient (Wildman–Crippen LogP) is 4.53. The molecule has 6 aliphatic rings. The van der Waals surface area contributed by atoms with Gasteiger partial charge < -0.3 is 35.0 Å². The van der Waals surface area contributed by atoms with Crippen LogP contribution in [0, 0.1) is 56.7 Å². The summed E-state index contributed by atoms with van der Waals surface area (Å²) >= 11 is 0. The highest BCUT2D eigenvalue weighted by Crippen LogP contribution is 2.75. The third-order valence-corrected chi connectivity index (χ3v) is 14.6. The molecule has 0 bridgehead atoms. The van der Waals surface area contributed by atoms with Gasteiger partial charge in [-0.1, -0.05) is 53.2 Å². The highest BCUT2D eigenvalue weighted by atomic mass is 16.7. The molecule has 0 unspecified atom stereocenters. The number of fused-ring (bicyclic) bond motifs is 7. The first-order valence-electron chi connectivity index (χ1n) is 16.9. The lowest BCUT2D eigenvalue weighted by Crippen LogP contribution is -2.66. The van der Waals surface area contributed by atoms with Crippen molar-refractivity contribution in [3.8, 4) is 0 Å². The van der Waals surface area contributed by atoms with E-state index in [-0.39, 0.29) is 52.6 Å². The Morgan fingerprint density at radius 1 is 0.930 bits per heavy atom. The maximum atomic E-state index is 12.8. The second-order valence-electron chi connectivity index (χ2n) is 17.2. The van der Waals surface area contributed by atoms with E-state index in [0.29, 0.717) is 24.7 Å². The number of aliphatic hydroxyl groups excluding tert-OH is 4. The van der Waals surface area contributed by atoms with Gasteiger partial charge in [-0.05, 0) is 103 Å². The molecule has 0 radical (unpaired) electrons. The quantitative estimate of drug-likeness (QED) is 0.296. The molecule has 0 amide bonds. The molecule has 5 fully saturated rings. The number of carboxylic acids is 1. The van der Waals surface area contributed by atoms with Crippen LogP contribution in [0.4, 0.5) is 0 Å². The fraction of sp³-hybridized carbons (Fsp3) is 0.914. The van der Waals surface area contributed by atoms with Gasteiger partial charge in [-0.15, -0.1) is 0 Å². The fourth-order valence-corrected chi connectivity index (χ4v) is 11.9. The van der Waals surface area contributed by atoms with E-state index in [0.717, 1.165) is 44.9 Å². The molecule has 0 spiro atoms. The number of rotatable bonds is 4. The van der Waals surface area contributed by atoms with Gasteiger partial charge in [-0.2, -0.15) is 0 Å². The van der Waals surface area contributed by atoms with Crippen molar-refractivity contribution in [3.63, 3.8) is 0 Å². The summed E-state index contributed by atoms with van der Waals surface area (Å²) in [5.74, 6) is 0.115. The summed E-state index contributed by atoms with van der Waals surface area (Å²) in [6.45, 7) is 14.1. The standard InChI is InChI=1S/C35H56O8/c1-31(2)12-9-19-20(15-31)22-7-8-25-32(3)13-11-26(37)33(4,18-43-30-28(39)27(38)23(36)17-42-30)24(32)10-14-34(25,5)35(22,6)16-21(19)29(40)41/h7,19-21,23-28,30,36-39H,8-18H2,1-6H3,(H,40,41)/t19-,20+,21-,23-,24+,25+,26-,27-,28+,30-,32-,33-,34+,35+/m0/s1. The lowest BCUT2D eigenvalue weighted by Gasteiger charge is -2.71. The van der Waals surface area contributed by atoms with Gasteiger partial charge in [0.2, 0.25) is 0 Å². The Morgan fingerprint density at radius 3 is 2.35 bits per heavy atom. The van der Waals surface area contributed by atoms with Crippen LogP contribution >= 0.6 is 0 Å². The summed E-state index contributed by atoms with van der Waals surface area (Å²) in [6, 6.07) is 0. The fourth-order valence-electron chi connectivity index (χ4n) is 11.9. The number of hydrogen-bond acceptors (Lipinski definition) is 7. The van der Waals surface area contributed by atoms with Crippen molar-refractivity contribution < 1.29 is 39.8 Å². The van der Waals surface area contributed by atoms with Crippen LogP contribution < -0.4 is 0 Å². The normalized spacial score (nSPS) is 54.3. The van der Waals surface area contributed by atoms with Gasteiger partial charge in [-0.3, -0.25) is 4.79 Å². The van der Waals surface area contributed by atoms with E-state index in [9.17, 15) is 30.3 Å². The predicted molar refractivity (Wildman–Crippen MR) is 161 cm³/mol. The third-order valence-electron chi connectivity index (χ3n) is 14.6. The number of hydrogen-bond donors (Lipinski definition) is 5. The summed E-state index contributed by atoms with van der Waals surface area (Å²) in [7, 11) is 0. The highest BCUT2D eigenvalue weighted by Gasteiger charge is 2.69. The van der Waals surface area contributed by atoms with Crippen molar-refractivity contribution in [1.82, 2.24) is 0 Å². The zero-order valence-corrected chi connectivity index (χ0v) is 27.1. The van der Waals surface area contributed by atoms with Crippen LogP contribution in [0.15, 0.2) is 11.6 Å². The number of aliphatic carboxylic acids is 1. The summed E-state index contributed by atoms with van der Waals surface area (Å²) in [5.41, 5.74) is 0.832. The van der Waals surface area contributed by atoms with E-state index in [4.69, 9.17) is 9.47 Å². The Balaban J connectivity index is 1.32. The third kappa shape index (κ3) is 4.63. The minimum atomic E-state index is -1.36. The van der Waals surface area contributed by atoms with Crippen LogP contribution in [0.2, 0.25) is 0 Å². The average Bonchev–Trinajstić information content (AvgIpc) is 2.93. The van der Waals surface area contributed by atoms with E-state index in [1.165, 1.54) is 5.57 Å². The molecule has 1 saturated heterocycles. The molecule has 0 aromatic rings. The Bertz CT molecular complexity index is 1140. The summed E-state index contributed by atoms with van der Waals surface area (Å²) in [5, 5.41) is 52.6. The molecule has 5 aliphatic carbocycles. The van der Waals surface area contributed by atoms with Gasteiger partial charge in [0, 0.05) is 5.41 Å². The molecule has 1 heterocycles. The Hall–Kier alpha value is -1.03. The van der Waals surface area contributed by atoms with Crippen molar-refractivity contribution in [3.05, 3.63) is 11.6 Å². The van der Waals surface area contributed by atoms with E-state index >= 15 is 0 Å². The second kappa shape index (κ2) is 10.5. The zero-order valence-electron chi connectivity index (χ0n) is 27.1. The van der Waals surface area contributed by atoms with Gasteiger partial charge in [0.15, 0.2) is 6.29 Å². The van der Waals surface area contributed by atoms with E-state index in [2.05, 4.69) is 47.6 Å². The molecule has 244 valence electrons. The SMILES string of the molecule is CC1(C)CC[C@@H]2[C@@H](C(=O)O)C[C@]3(C)C(=CC[C@@H]4[C@@]5(C)CC[C@H](O)[C@@](C)(CO[C@@H]6OC[C@H](O)[C@H](O)[C@H]6O)[C@@H]5CC[C@]43C)[C@@H]2C1. The van der Waals surface area contributed by atoms with Gasteiger partial charge >= 0.3 is 5.97 Å². The van der Waals surface area contributed by atoms with Crippen LogP contribution in [-0.4, -0.2) is 75.4 Å². The summed E-state index contributed by atoms with van der Waals surface area (Å²) in [4.78, 5) is 12.8. The number of ether oxygens (including phenoxy) is 2. The van der Waals surface area contributed by atoms with Crippen LogP contribution in [0.3, 0.4) is 0 Å². The molecule has 8 heteroatoms. The van der Waals surface area contributed by atoms with Crippen LogP contribution in [0.25, 0.3) is 0 Å². The number of aliphatic hydroxyl groups is 4. The Kier molecular flexibility index (Phi) is 7.79. The Labute approximate surface area is 257 Å². The van der Waals surface area contributed by atoms with Gasteiger partial charge in [0.05, 0.1) is 25.2 Å². The lowest BCUT2D eigenvalue weighted by atomic mass is 9.34. The van der Waals surface area contributed by atoms with Gasteiger partial charge in [0.1, 0.15) is 18.3 Å². The van der Waals surface area contributed by atoms with Crippen molar-refractivity contribution in [2.24, 2.45) is 56.7 Å². The van der Waals surface area contributed by atoms with Crippen molar-refractivity contribution in [2.45, 2.75) is 130 Å². The Morgan fingerprint density at radius 2 is 1.65 bits per heavy atom. The molecule has 14 atom stereocenters. The molecule has 0 aromatic heterocycles. The molecule has 6 rings (SSSR count). The first kappa shape index (κ1) is 31.9. The maximum Gasteiger partial charge on any atom is 0.306 e. The lowest BCUT2D eigenvalue weighted by molar-refractivity contribution is -0.291. The van der Waals surface area contributed by atoms with Crippen LogP contribution in [0.5, 0.6) is 0 Å². The first-order valence-corrected chi connectivity index (χ1v) is 16.9. The highest BCUT2D eigenvalue weighted by molar-refractivity contribution is 5.71. The minimum absolute atomic E-state index is 0.0599. The van der Waals surface area contributed by atoms with Crippen LogP contribution in [-0.2, 0) is 14.3 Å².